The molecule has 0 heterocycles. The van der Waals surface area contributed by atoms with E-state index in [0.717, 1.165) is 18.4 Å². The molecule has 0 spiro atoms. The van der Waals surface area contributed by atoms with E-state index in [1.54, 1.807) is 0 Å². The van der Waals surface area contributed by atoms with Gasteiger partial charge in [-0.3, -0.25) is 4.79 Å². The minimum absolute atomic E-state index is 0.0378. The molecule has 0 aromatic carbocycles. The van der Waals surface area contributed by atoms with Crippen molar-refractivity contribution in [3.8, 4) is 0 Å². The normalized spacial score (nSPS) is 18.4. The summed E-state index contributed by atoms with van der Waals surface area (Å²) in [6, 6.07) is 0.757. The molecular weight excluding hydrogens is 418 g/mol. The third-order valence-corrected chi connectivity index (χ3v) is 8.00. The molecule has 1 rings (SSSR count). The molecule has 3 unspecified atom stereocenters. The van der Waals surface area contributed by atoms with Crippen LogP contribution in [0.4, 0.5) is 0 Å². The average molecular weight is 480 g/mol. The Balaban J connectivity index is 1.89. The second-order valence-electron chi connectivity index (χ2n) is 11.5. The van der Waals surface area contributed by atoms with E-state index in [2.05, 4.69) is 32.8 Å². The van der Waals surface area contributed by atoms with Crippen LogP contribution in [0.15, 0.2) is 0 Å². The van der Waals surface area contributed by atoms with Crippen LogP contribution in [0.5, 0.6) is 0 Å². The summed E-state index contributed by atoms with van der Waals surface area (Å²) in [4.78, 5) is 14.4. The maximum atomic E-state index is 12.0. The smallest absolute Gasteiger partial charge is 0.305 e. The number of nitrogens with zero attached hydrogens (tertiary/aromatic N) is 1. The van der Waals surface area contributed by atoms with Gasteiger partial charge in [0.1, 0.15) is 0 Å². The summed E-state index contributed by atoms with van der Waals surface area (Å²) in [6.45, 7) is 5.24. The summed E-state index contributed by atoms with van der Waals surface area (Å²) in [5, 5.41) is 0. The van der Waals surface area contributed by atoms with E-state index in [9.17, 15) is 4.79 Å². The van der Waals surface area contributed by atoms with Gasteiger partial charge in [-0.1, -0.05) is 123 Å². The molecule has 34 heavy (non-hydrogen) atoms. The van der Waals surface area contributed by atoms with Crippen molar-refractivity contribution in [2.75, 3.05) is 20.7 Å². The Kier molecular flexibility index (Phi) is 20.1. The Labute approximate surface area is 214 Å². The Hall–Kier alpha value is -0.570. The van der Waals surface area contributed by atoms with E-state index in [1.807, 2.05) is 0 Å². The van der Waals surface area contributed by atoms with Gasteiger partial charge < -0.3 is 9.64 Å². The van der Waals surface area contributed by atoms with Crippen LogP contribution in [0.2, 0.25) is 0 Å². The van der Waals surface area contributed by atoms with Gasteiger partial charge in [0.25, 0.3) is 0 Å². The first-order valence-electron chi connectivity index (χ1n) is 15.4. The van der Waals surface area contributed by atoms with E-state index in [4.69, 9.17) is 4.74 Å². The predicted octanol–water partition coefficient (Wildman–Crippen LogP) is 9.33. The van der Waals surface area contributed by atoms with Crippen molar-refractivity contribution in [2.24, 2.45) is 11.8 Å². The lowest BCUT2D eigenvalue weighted by atomic mass is 9.99. The molecule has 1 saturated carbocycles. The van der Waals surface area contributed by atoms with E-state index in [-0.39, 0.29) is 5.97 Å². The second kappa shape index (κ2) is 21.7. The third-order valence-electron chi connectivity index (χ3n) is 8.00. The minimum atomic E-state index is 0.0378. The zero-order valence-electron chi connectivity index (χ0n) is 23.8. The highest BCUT2D eigenvalue weighted by Gasteiger charge is 2.37. The maximum Gasteiger partial charge on any atom is 0.305 e. The van der Waals surface area contributed by atoms with Crippen LogP contribution in [-0.4, -0.2) is 37.6 Å². The highest BCUT2D eigenvalue weighted by molar-refractivity contribution is 5.69. The molecule has 3 heteroatoms. The van der Waals surface area contributed by atoms with Crippen molar-refractivity contribution in [3.05, 3.63) is 0 Å². The zero-order chi connectivity index (χ0) is 24.9. The van der Waals surface area contributed by atoms with Gasteiger partial charge in [-0.25, -0.2) is 0 Å². The molecule has 1 aliphatic rings. The molecule has 1 aliphatic carbocycles. The number of rotatable bonds is 25. The van der Waals surface area contributed by atoms with Gasteiger partial charge in [0, 0.05) is 12.5 Å². The van der Waals surface area contributed by atoms with Crippen LogP contribution < -0.4 is 0 Å². The Bertz CT molecular complexity index is 464. The predicted molar refractivity (Wildman–Crippen MR) is 148 cm³/mol. The molecule has 0 saturated heterocycles. The molecule has 0 amide bonds. The first-order chi connectivity index (χ1) is 16.6. The summed E-state index contributed by atoms with van der Waals surface area (Å²) < 4.78 is 5.54. The lowest BCUT2D eigenvalue weighted by Gasteiger charge is -2.24. The monoisotopic (exact) mass is 479 g/mol. The van der Waals surface area contributed by atoms with Crippen LogP contribution in [0.1, 0.15) is 155 Å². The maximum absolute atomic E-state index is 12.0. The van der Waals surface area contributed by atoms with Crippen LogP contribution in [-0.2, 0) is 9.53 Å². The van der Waals surface area contributed by atoms with Gasteiger partial charge in [-0.15, -0.1) is 0 Å². The van der Waals surface area contributed by atoms with E-state index < -0.39 is 0 Å². The molecule has 0 aromatic rings. The van der Waals surface area contributed by atoms with Gasteiger partial charge in [-0.2, -0.15) is 0 Å². The van der Waals surface area contributed by atoms with Crippen LogP contribution in [0.25, 0.3) is 0 Å². The molecule has 202 valence electrons. The van der Waals surface area contributed by atoms with Crippen molar-refractivity contribution in [1.29, 1.82) is 0 Å². The van der Waals surface area contributed by atoms with Crippen molar-refractivity contribution < 1.29 is 9.53 Å². The second-order valence-corrected chi connectivity index (χ2v) is 11.5. The van der Waals surface area contributed by atoms with Crippen molar-refractivity contribution in [3.63, 3.8) is 0 Å². The largest absolute Gasteiger partial charge is 0.465 e. The number of carbonyl (C=O) groups excluding carboxylic acids is 1. The molecule has 0 aromatic heterocycles. The molecule has 0 aliphatic heterocycles. The quantitative estimate of drug-likeness (QED) is 0.0964. The number of hydrogen-bond donors (Lipinski definition) is 0. The van der Waals surface area contributed by atoms with E-state index in [0.29, 0.717) is 18.9 Å². The first kappa shape index (κ1) is 31.5. The Morgan fingerprint density at radius 1 is 0.706 bits per heavy atom. The summed E-state index contributed by atoms with van der Waals surface area (Å²) in [5.41, 5.74) is 0. The first-order valence-corrected chi connectivity index (χ1v) is 15.4. The fourth-order valence-corrected chi connectivity index (χ4v) is 5.33. The molecule has 0 N–H and O–H groups in total. The minimum Gasteiger partial charge on any atom is -0.465 e. The molecule has 3 nitrogen and oxygen atoms in total. The fourth-order valence-electron chi connectivity index (χ4n) is 5.33. The van der Waals surface area contributed by atoms with Crippen molar-refractivity contribution >= 4 is 5.97 Å². The van der Waals surface area contributed by atoms with Gasteiger partial charge in [0.15, 0.2) is 0 Å². The molecule has 0 bridgehead atoms. The highest BCUT2D eigenvalue weighted by Crippen LogP contribution is 2.42. The van der Waals surface area contributed by atoms with E-state index >= 15 is 0 Å². The van der Waals surface area contributed by atoms with Gasteiger partial charge >= 0.3 is 5.97 Å². The average Bonchev–Trinajstić information content (AvgIpc) is 3.58. The van der Waals surface area contributed by atoms with Crippen LogP contribution >= 0.6 is 0 Å². The topological polar surface area (TPSA) is 29.5 Å². The fraction of sp³-hybridized carbons (Fsp3) is 0.968. The summed E-state index contributed by atoms with van der Waals surface area (Å²) >= 11 is 0. The van der Waals surface area contributed by atoms with E-state index in [1.165, 1.54) is 128 Å². The van der Waals surface area contributed by atoms with Gasteiger partial charge in [0.2, 0.25) is 0 Å². The zero-order valence-corrected chi connectivity index (χ0v) is 23.8. The van der Waals surface area contributed by atoms with Gasteiger partial charge in [-0.05, 0) is 51.6 Å². The number of esters is 1. The van der Waals surface area contributed by atoms with Gasteiger partial charge in [0.05, 0.1) is 6.61 Å². The summed E-state index contributed by atoms with van der Waals surface area (Å²) in [7, 11) is 4.50. The summed E-state index contributed by atoms with van der Waals surface area (Å²) in [5.74, 6) is 1.55. The molecular formula is C31H61NO2. The number of ether oxygens (including phenoxy) is 1. The van der Waals surface area contributed by atoms with Crippen molar-refractivity contribution in [2.45, 2.75) is 161 Å². The molecule has 3 atom stereocenters. The lowest BCUT2D eigenvalue weighted by Crippen LogP contribution is -2.27. The highest BCUT2D eigenvalue weighted by atomic mass is 16.5. The van der Waals surface area contributed by atoms with Crippen LogP contribution in [0.3, 0.4) is 0 Å². The Morgan fingerprint density at radius 3 is 1.76 bits per heavy atom. The Morgan fingerprint density at radius 2 is 1.21 bits per heavy atom. The standard InChI is InChI=1S/C31H61NO2/c1-5-7-9-11-12-15-19-23-30(32(3)4)24-20-16-13-14-17-21-25-31(33)34-27-29-26-28(29)22-18-10-8-6-2/h28-30H,5-27H2,1-4H3. The lowest BCUT2D eigenvalue weighted by molar-refractivity contribution is -0.144. The van der Waals surface area contributed by atoms with Crippen LogP contribution in [0, 0.1) is 11.8 Å². The number of unbranched alkanes of at least 4 members (excludes halogenated alkanes) is 14. The summed E-state index contributed by atoms with van der Waals surface area (Å²) in [6.07, 6.45) is 28.6. The number of hydrogen-bond acceptors (Lipinski definition) is 3. The SMILES string of the molecule is CCCCCCCCCC(CCCCCCCCC(=O)OCC1CC1CCCCCC)N(C)C. The van der Waals surface area contributed by atoms with Crippen molar-refractivity contribution in [1.82, 2.24) is 4.90 Å². The third kappa shape index (κ3) is 17.8. The molecule has 0 radical (unpaired) electrons. The molecule has 1 fully saturated rings. The number of carbonyl (C=O) groups is 1.